The van der Waals surface area contributed by atoms with Gasteiger partial charge in [-0.1, -0.05) is 59.2 Å². The van der Waals surface area contributed by atoms with E-state index in [0.717, 1.165) is 31.4 Å². The average molecular weight is 425 g/mol. The zero-order valence-electron chi connectivity index (χ0n) is 16.8. The van der Waals surface area contributed by atoms with E-state index in [1.807, 2.05) is 36.4 Å². The summed E-state index contributed by atoms with van der Waals surface area (Å²) in [5, 5.41) is 7.74. The summed E-state index contributed by atoms with van der Waals surface area (Å²) in [6.07, 6.45) is 2.72. The number of nitrogens with one attached hydrogen (secondary N) is 1. The van der Waals surface area contributed by atoms with Crippen LogP contribution in [0.1, 0.15) is 24.3 Å². The van der Waals surface area contributed by atoms with Gasteiger partial charge in [-0.05, 0) is 43.5 Å². The number of benzene rings is 2. The highest BCUT2D eigenvalue weighted by Crippen LogP contribution is 2.25. The average Bonchev–Trinajstić information content (AvgIpc) is 3.23. The molecule has 6 nitrogen and oxygen atoms in total. The summed E-state index contributed by atoms with van der Waals surface area (Å²) in [6, 6.07) is 17.6. The van der Waals surface area contributed by atoms with Crippen LogP contribution in [0.25, 0.3) is 11.4 Å². The fourth-order valence-electron chi connectivity index (χ4n) is 3.79. The van der Waals surface area contributed by atoms with Gasteiger partial charge in [0.15, 0.2) is 0 Å². The van der Waals surface area contributed by atoms with Crippen molar-refractivity contribution in [3.05, 3.63) is 71.1 Å². The molecule has 7 heteroatoms. The van der Waals surface area contributed by atoms with Crippen LogP contribution in [-0.2, 0) is 17.8 Å². The van der Waals surface area contributed by atoms with Crippen molar-refractivity contribution in [1.82, 2.24) is 20.4 Å². The lowest BCUT2D eigenvalue weighted by molar-refractivity contribution is -0.126. The first-order valence-electron chi connectivity index (χ1n) is 10.3. The van der Waals surface area contributed by atoms with Gasteiger partial charge in [-0.2, -0.15) is 4.98 Å². The second-order valence-electron chi connectivity index (χ2n) is 7.59. The molecule has 0 aliphatic carbocycles. The van der Waals surface area contributed by atoms with Gasteiger partial charge in [0.05, 0.1) is 17.5 Å². The molecule has 2 heterocycles. The van der Waals surface area contributed by atoms with Crippen LogP contribution in [0.4, 0.5) is 0 Å². The molecule has 1 saturated heterocycles. The monoisotopic (exact) mass is 424 g/mol. The predicted molar refractivity (Wildman–Crippen MR) is 116 cm³/mol. The fraction of sp³-hybridized carbons (Fsp3) is 0.348. The summed E-state index contributed by atoms with van der Waals surface area (Å²) in [7, 11) is 0. The Morgan fingerprint density at radius 3 is 2.80 bits per heavy atom. The largest absolute Gasteiger partial charge is 0.355 e. The first kappa shape index (κ1) is 20.6. The van der Waals surface area contributed by atoms with Crippen LogP contribution >= 0.6 is 11.6 Å². The maximum absolute atomic E-state index is 12.6. The second-order valence-corrected chi connectivity index (χ2v) is 8.00. The van der Waals surface area contributed by atoms with Crippen LogP contribution < -0.4 is 5.32 Å². The molecule has 0 radical (unpaired) electrons. The summed E-state index contributed by atoms with van der Waals surface area (Å²) >= 11 is 6.22. The van der Waals surface area contributed by atoms with E-state index in [1.165, 1.54) is 5.56 Å². The Hall–Kier alpha value is -2.70. The van der Waals surface area contributed by atoms with Gasteiger partial charge in [0.2, 0.25) is 17.6 Å². The molecule has 1 unspecified atom stereocenters. The molecule has 1 atom stereocenters. The minimum atomic E-state index is -0.0134. The highest BCUT2D eigenvalue weighted by atomic mass is 35.5. The van der Waals surface area contributed by atoms with Gasteiger partial charge >= 0.3 is 0 Å². The minimum Gasteiger partial charge on any atom is -0.355 e. The molecular weight excluding hydrogens is 400 g/mol. The number of halogens is 1. The lowest BCUT2D eigenvalue weighted by Crippen LogP contribution is -2.43. The van der Waals surface area contributed by atoms with Crippen molar-refractivity contribution < 1.29 is 9.32 Å². The van der Waals surface area contributed by atoms with Crippen LogP contribution in [0, 0.1) is 5.92 Å². The number of amides is 1. The SMILES string of the molecule is O=C(NCCc1ccccc1)C1CCCN(Cc2nc(-c3ccccc3Cl)no2)C1. The van der Waals surface area contributed by atoms with Crippen molar-refractivity contribution >= 4 is 17.5 Å². The quantitative estimate of drug-likeness (QED) is 0.621. The first-order valence-corrected chi connectivity index (χ1v) is 10.7. The van der Waals surface area contributed by atoms with E-state index in [2.05, 4.69) is 32.5 Å². The van der Waals surface area contributed by atoms with Gasteiger partial charge in [-0.3, -0.25) is 9.69 Å². The Morgan fingerprint density at radius 1 is 1.17 bits per heavy atom. The highest BCUT2D eigenvalue weighted by molar-refractivity contribution is 6.33. The van der Waals surface area contributed by atoms with Crippen molar-refractivity contribution in [3.8, 4) is 11.4 Å². The molecule has 1 amide bonds. The molecular formula is C23H25ClN4O2. The lowest BCUT2D eigenvalue weighted by Gasteiger charge is -2.30. The molecule has 4 rings (SSSR count). The summed E-state index contributed by atoms with van der Waals surface area (Å²) < 4.78 is 5.42. The van der Waals surface area contributed by atoms with Crippen LogP contribution in [0.5, 0.6) is 0 Å². The molecule has 0 saturated carbocycles. The van der Waals surface area contributed by atoms with Crippen molar-refractivity contribution in [3.63, 3.8) is 0 Å². The van der Waals surface area contributed by atoms with E-state index in [1.54, 1.807) is 6.07 Å². The Kier molecular flexibility index (Phi) is 6.77. The van der Waals surface area contributed by atoms with Crippen molar-refractivity contribution in [2.45, 2.75) is 25.8 Å². The molecule has 1 aliphatic rings. The normalized spacial score (nSPS) is 17.0. The fourth-order valence-corrected chi connectivity index (χ4v) is 4.01. The molecule has 156 valence electrons. The summed E-state index contributed by atoms with van der Waals surface area (Å²) in [5.41, 5.74) is 1.98. The van der Waals surface area contributed by atoms with Crippen LogP contribution in [0.15, 0.2) is 59.1 Å². The van der Waals surface area contributed by atoms with Gasteiger partial charge in [-0.15, -0.1) is 0 Å². The lowest BCUT2D eigenvalue weighted by atomic mass is 9.97. The summed E-state index contributed by atoms with van der Waals surface area (Å²) in [4.78, 5) is 19.3. The number of aromatic nitrogens is 2. The number of likely N-dealkylation sites (tertiary alicyclic amines) is 1. The number of carbonyl (C=O) groups is 1. The summed E-state index contributed by atoms with van der Waals surface area (Å²) in [5.74, 6) is 1.14. The third kappa shape index (κ3) is 5.26. The van der Waals surface area contributed by atoms with Crippen LogP contribution in [-0.4, -0.2) is 40.6 Å². The number of rotatable bonds is 7. The Bertz CT molecular complexity index is 976. The van der Waals surface area contributed by atoms with Crippen molar-refractivity contribution in [2.75, 3.05) is 19.6 Å². The van der Waals surface area contributed by atoms with E-state index in [-0.39, 0.29) is 11.8 Å². The Morgan fingerprint density at radius 2 is 1.97 bits per heavy atom. The third-order valence-corrected chi connectivity index (χ3v) is 5.70. The standard InChI is InChI=1S/C23H25ClN4O2/c24-20-11-5-4-10-19(20)22-26-21(30-27-22)16-28-14-6-9-18(15-28)23(29)25-13-12-17-7-2-1-3-8-17/h1-5,7-8,10-11,18H,6,9,12-16H2,(H,25,29). The molecule has 1 fully saturated rings. The molecule has 1 aliphatic heterocycles. The Labute approximate surface area is 181 Å². The molecule has 0 bridgehead atoms. The minimum absolute atomic E-state index is 0.0134. The Balaban J connectivity index is 1.29. The molecule has 1 aromatic heterocycles. The van der Waals surface area contributed by atoms with Crippen molar-refractivity contribution in [1.29, 1.82) is 0 Å². The second kappa shape index (κ2) is 9.87. The number of nitrogens with zero attached hydrogens (tertiary/aromatic N) is 3. The molecule has 3 aromatic rings. The van der Waals surface area contributed by atoms with Gasteiger partial charge in [-0.25, -0.2) is 0 Å². The smallest absolute Gasteiger partial charge is 0.241 e. The van der Waals surface area contributed by atoms with E-state index in [4.69, 9.17) is 16.1 Å². The van der Waals surface area contributed by atoms with Crippen LogP contribution in [0.2, 0.25) is 5.02 Å². The zero-order valence-corrected chi connectivity index (χ0v) is 17.5. The maximum Gasteiger partial charge on any atom is 0.241 e. The van der Waals surface area contributed by atoms with Gasteiger partial charge < -0.3 is 9.84 Å². The first-order chi connectivity index (χ1) is 14.7. The third-order valence-electron chi connectivity index (χ3n) is 5.37. The van der Waals surface area contributed by atoms with E-state index in [9.17, 15) is 4.79 Å². The molecule has 0 spiro atoms. The summed E-state index contributed by atoms with van der Waals surface area (Å²) in [6.45, 7) is 2.80. The van der Waals surface area contributed by atoms with E-state index < -0.39 is 0 Å². The molecule has 2 aromatic carbocycles. The number of hydrogen-bond donors (Lipinski definition) is 1. The van der Waals surface area contributed by atoms with E-state index in [0.29, 0.717) is 36.4 Å². The number of piperidine rings is 1. The topological polar surface area (TPSA) is 71.3 Å². The zero-order chi connectivity index (χ0) is 20.8. The highest BCUT2D eigenvalue weighted by Gasteiger charge is 2.26. The number of hydrogen-bond acceptors (Lipinski definition) is 5. The molecule has 30 heavy (non-hydrogen) atoms. The van der Waals surface area contributed by atoms with Crippen LogP contribution in [0.3, 0.4) is 0 Å². The predicted octanol–water partition coefficient (Wildman–Crippen LogP) is 3.96. The van der Waals surface area contributed by atoms with E-state index >= 15 is 0 Å². The number of carbonyl (C=O) groups excluding carboxylic acids is 1. The van der Waals surface area contributed by atoms with Crippen molar-refractivity contribution in [2.24, 2.45) is 5.92 Å². The van der Waals surface area contributed by atoms with Gasteiger partial charge in [0.25, 0.3) is 0 Å². The van der Waals surface area contributed by atoms with Gasteiger partial charge in [0, 0.05) is 18.7 Å². The molecule has 1 N–H and O–H groups in total. The maximum atomic E-state index is 12.6. The van der Waals surface area contributed by atoms with Gasteiger partial charge in [0.1, 0.15) is 0 Å².